The summed E-state index contributed by atoms with van der Waals surface area (Å²) in [5.74, 6) is 0.0874. The minimum Gasteiger partial charge on any atom is -0.435 e. The summed E-state index contributed by atoms with van der Waals surface area (Å²) in [6.45, 7) is -2.84. The maximum atomic E-state index is 12.2. The third kappa shape index (κ3) is 2.97. The fourth-order valence-electron chi connectivity index (χ4n) is 2.03. The van der Waals surface area contributed by atoms with Gasteiger partial charge in [0.05, 0.1) is 4.91 Å². The molecule has 1 heterocycles. The molecule has 0 radical (unpaired) electrons. The van der Waals surface area contributed by atoms with Crippen LogP contribution in [0.4, 0.5) is 8.78 Å². The fraction of sp³-hybridized carbons (Fsp3) is 0.0625. The first-order chi connectivity index (χ1) is 10.1. The van der Waals surface area contributed by atoms with Crippen molar-refractivity contribution in [3.63, 3.8) is 0 Å². The number of hydrogen-bond donors (Lipinski definition) is 0. The molecule has 5 heteroatoms. The molecular weight excluding hydrogens is 294 g/mol. The zero-order chi connectivity index (χ0) is 14.8. The van der Waals surface area contributed by atoms with E-state index < -0.39 is 6.61 Å². The number of ether oxygens (including phenoxy) is 1. The second-order valence-electron chi connectivity index (χ2n) is 4.38. The summed E-state index contributed by atoms with van der Waals surface area (Å²) >= 11 is 1.41. The van der Waals surface area contributed by atoms with Crippen molar-refractivity contribution < 1.29 is 18.3 Å². The minimum absolute atomic E-state index is 0.0106. The van der Waals surface area contributed by atoms with E-state index in [0.29, 0.717) is 10.5 Å². The van der Waals surface area contributed by atoms with Gasteiger partial charge in [-0.1, -0.05) is 36.0 Å². The van der Waals surface area contributed by atoms with Gasteiger partial charge in [0.15, 0.2) is 0 Å². The van der Waals surface area contributed by atoms with Gasteiger partial charge in [-0.25, -0.2) is 0 Å². The number of halogens is 2. The molecule has 0 amide bonds. The van der Waals surface area contributed by atoms with Crippen LogP contribution in [0.25, 0.3) is 6.08 Å². The summed E-state index contributed by atoms with van der Waals surface area (Å²) in [5.41, 5.74) is 1.46. The average molecular weight is 304 g/mol. The molecule has 1 aliphatic rings. The van der Waals surface area contributed by atoms with Gasteiger partial charge in [-0.2, -0.15) is 8.78 Å². The van der Waals surface area contributed by atoms with E-state index >= 15 is 0 Å². The number of alkyl halides is 2. The molecule has 0 N–H and O–H groups in total. The van der Waals surface area contributed by atoms with Gasteiger partial charge in [0, 0.05) is 10.5 Å². The molecule has 0 aliphatic carbocycles. The Kier molecular flexibility index (Phi) is 3.75. The zero-order valence-corrected chi connectivity index (χ0v) is 11.6. The summed E-state index contributed by atoms with van der Waals surface area (Å²) in [4.78, 5) is 13.8. The Labute approximate surface area is 124 Å². The topological polar surface area (TPSA) is 26.3 Å². The molecule has 0 saturated heterocycles. The summed E-state index contributed by atoms with van der Waals surface area (Å²) in [5, 5.41) is 0. The van der Waals surface area contributed by atoms with Crippen molar-refractivity contribution in [3.8, 4) is 5.75 Å². The van der Waals surface area contributed by atoms with Crippen molar-refractivity contribution in [2.24, 2.45) is 0 Å². The van der Waals surface area contributed by atoms with Crippen LogP contribution in [0.5, 0.6) is 5.75 Å². The SMILES string of the molecule is O=C1/C(=C\c2ccc(OC(F)F)cc2)Sc2ccccc21. The minimum atomic E-state index is -2.84. The second kappa shape index (κ2) is 5.69. The standard InChI is InChI=1S/C16H10F2O2S/c17-16(18)20-11-7-5-10(6-8-11)9-14-15(19)12-3-1-2-4-13(12)21-14/h1-9,16H/b14-9+. The summed E-state index contributed by atoms with van der Waals surface area (Å²) in [6.07, 6.45) is 1.75. The first-order valence-corrected chi connectivity index (χ1v) is 7.03. The molecule has 3 rings (SSSR count). The molecule has 0 saturated carbocycles. The van der Waals surface area contributed by atoms with Crippen LogP contribution in [0.15, 0.2) is 58.3 Å². The van der Waals surface area contributed by atoms with Gasteiger partial charge in [0.2, 0.25) is 5.78 Å². The van der Waals surface area contributed by atoms with E-state index in [-0.39, 0.29) is 11.5 Å². The van der Waals surface area contributed by atoms with E-state index in [2.05, 4.69) is 4.74 Å². The number of benzene rings is 2. The molecule has 2 nitrogen and oxygen atoms in total. The molecule has 2 aromatic rings. The maximum absolute atomic E-state index is 12.2. The molecule has 2 aromatic carbocycles. The lowest BCUT2D eigenvalue weighted by Gasteiger charge is -2.04. The van der Waals surface area contributed by atoms with Crippen molar-refractivity contribution in [2.45, 2.75) is 11.5 Å². The Morgan fingerprint density at radius 3 is 2.43 bits per heavy atom. The predicted molar refractivity (Wildman–Crippen MR) is 77.7 cm³/mol. The maximum Gasteiger partial charge on any atom is 0.387 e. The number of allylic oxidation sites excluding steroid dienone is 1. The smallest absolute Gasteiger partial charge is 0.387 e. The van der Waals surface area contributed by atoms with E-state index in [0.717, 1.165) is 10.5 Å². The Morgan fingerprint density at radius 1 is 1.05 bits per heavy atom. The van der Waals surface area contributed by atoms with Crippen LogP contribution in [0.2, 0.25) is 0 Å². The van der Waals surface area contributed by atoms with E-state index in [4.69, 9.17) is 0 Å². The van der Waals surface area contributed by atoms with Crippen molar-refractivity contribution in [1.29, 1.82) is 0 Å². The molecule has 0 spiro atoms. The van der Waals surface area contributed by atoms with Crippen LogP contribution in [-0.2, 0) is 0 Å². The quantitative estimate of drug-likeness (QED) is 0.774. The second-order valence-corrected chi connectivity index (χ2v) is 5.47. The Bertz CT molecular complexity index is 708. The first-order valence-electron chi connectivity index (χ1n) is 6.21. The molecule has 0 unspecified atom stereocenters. The Hall–Kier alpha value is -2.14. The first kappa shape index (κ1) is 13.8. The number of carbonyl (C=O) groups is 1. The predicted octanol–water partition coefficient (Wildman–Crippen LogP) is 4.62. The lowest BCUT2D eigenvalue weighted by atomic mass is 10.1. The third-order valence-corrected chi connectivity index (χ3v) is 4.08. The van der Waals surface area contributed by atoms with Crippen LogP contribution < -0.4 is 4.74 Å². The molecule has 21 heavy (non-hydrogen) atoms. The monoisotopic (exact) mass is 304 g/mol. The lowest BCUT2D eigenvalue weighted by molar-refractivity contribution is -0.0498. The van der Waals surface area contributed by atoms with E-state index in [1.165, 1.54) is 23.9 Å². The highest BCUT2D eigenvalue weighted by Gasteiger charge is 2.24. The van der Waals surface area contributed by atoms with Crippen LogP contribution in [0, 0.1) is 0 Å². The molecule has 0 bridgehead atoms. The van der Waals surface area contributed by atoms with E-state index in [1.807, 2.05) is 18.2 Å². The number of ketones is 1. The van der Waals surface area contributed by atoms with Gasteiger partial charge in [-0.3, -0.25) is 4.79 Å². The Morgan fingerprint density at radius 2 is 1.76 bits per heavy atom. The van der Waals surface area contributed by atoms with E-state index in [9.17, 15) is 13.6 Å². The van der Waals surface area contributed by atoms with Gasteiger partial charge < -0.3 is 4.74 Å². The number of rotatable bonds is 3. The molecular formula is C16H10F2O2S. The highest BCUT2D eigenvalue weighted by Crippen LogP contribution is 2.40. The summed E-state index contributed by atoms with van der Waals surface area (Å²) in [6, 6.07) is 13.6. The summed E-state index contributed by atoms with van der Waals surface area (Å²) < 4.78 is 28.4. The number of carbonyl (C=O) groups excluding carboxylic acids is 1. The number of thioether (sulfide) groups is 1. The molecule has 0 aromatic heterocycles. The average Bonchev–Trinajstić information content (AvgIpc) is 2.78. The summed E-state index contributed by atoms with van der Waals surface area (Å²) in [7, 11) is 0. The van der Waals surface area contributed by atoms with Crippen molar-refractivity contribution in [2.75, 3.05) is 0 Å². The van der Waals surface area contributed by atoms with Crippen LogP contribution in [-0.4, -0.2) is 12.4 Å². The number of fused-ring (bicyclic) bond motifs is 1. The molecule has 1 aliphatic heterocycles. The van der Waals surface area contributed by atoms with Crippen LogP contribution in [0.1, 0.15) is 15.9 Å². The molecule has 0 fully saturated rings. The third-order valence-electron chi connectivity index (χ3n) is 2.98. The van der Waals surface area contributed by atoms with Crippen LogP contribution >= 0.6 is 11.8 Å². The van der Waals surface area contributed by atoms with E-state index in [1.54, 1.807) is 24.3 Å². The number of hydrogen-bond acceptors (Lipinski definition) is 3. The van der Waals surface area contributed by atoms with Gasteiger partial charge in [-0.15, -0.1) is 0 Å². The largest absolute Gasteiger partial charge is 0.435 e. The van der Waals surface area contributed by atoms with Gasteiger partial charge in [0.1, 0.15) is 5.75 Å². The van der Waals surface area contributed by atoms with Crippen molar-refractivity contribution in [3.05, 3.63) is 64.6 Å². The fourth-order valence-corrected chi connectivity index (χ4v) is 3.08. The van der Waals surface area contributed by atoms with Gasteiger partial charge >= 0.3 is 6.61 Å². The normalized spacial score (nSPS) is 15.6. The number of Topliss-reactive ketones (excluding diaryl/α,β-unsaturated/α-hetero) is 1. The van der Waals surface area contributed by atoms with Gasteiger partial charge in [-0.05, 0) is 35.9 Å². The molecule has 0 atom stereocenters. The highest BCUT2D eigenvalue weighted by atomic mass is 32.2. The zero-order valence-electron chi connectivity index (χ0n) is 10.8. The highest BCUT2D eigenvalue weighted by molar-refractivity contribution is 8.04. The van der Waals surface area contributed by atoms with Crippen molar-refractivity contribution >= 4 is 23.6 Å². The van der Waals surface area contributed by atoms with Crippen molar-refractivity contribution in [1.82, 2.24) is 0 Å². The van der Waals surface area contributed by atoms with Crippen LogP contribution in [0.3, 0.4) is 0 Å². The molecule has 106 valence electrons. The van der Waals surface area contributed by atoms with Gasteiger partial charge in [0.25, 0.3) is 0 Å². The Balaban J connectivity index is 1.82. The lowest BCUT2D eigenvalue weighted by Crippen LogP contribution is -2.01.